The molecule has 0 fully saturated rings. The molecule has 2 unspecified atom stereocenters. The maximum atomic E-state index is 14.8. The molecule has 0 bridgehead atoms. The molecule has 7 heteroatoms. The van der Waals surface area contributed by atoms with Crippen LogP contribution < -0.4 is 0 Å². The van der Waals surface area contributed by atoms with Gasteiger partial charge in [0.1, 0.15) is 24.3 Å². The SMILES string of the molecule is CC(c1ccc(-c2ccnn2C)cc1)C(C)(Cn1cncn1)c1ccc(F)cc1F. The van der Waals surface area contributed by atoms with Gasteiger partial charge in [-0.2, -0.15) is 10.2 Å². The standard InChI is InChI=1S/C23H23F2N5/c1-16(17-4-6-18(7-5-17)22-10-11-27-29(22)3)23(2,13-30-15-26-14-28-30)20-9-8-19(24)12-21(20)25/h4-12,14-16H,13H2,1-3H3. The molecule has 0 N–H and O–H groups in total. The monoisotopic (exact) mass is 407 g/mol. The van der Waals surface area contributed by atoms with Crippen LogP contribution in [0.2, 0.25) is 0 Å². The normalized spacial score (nSPS) is 14.4. The van der Waals surface area contributed by atoms with Gasteiger partial charge in [0, 0.05) is 24.7 Å². The highest BCUT2D eigenvalue weighted by atomic mass is 19.1. The van der Waals surface area contributed by atoms with Crippen molar-refractivity contribution in [2.45, 2.75) is 31.7 Å². The van der Waals surface area contributed by atoms with Gasteiger partial charge in [0.2, 0.25) is 0 Å². The lowest BCUT2D eigenvalue weighted by atomic mass is 9.69. The molecule has 4 aromatic rings. The van der Waals surface area contributed by atoms with Crippen molar-refractivity contribution in [2.75, 3.05) is 0 Å². The van der Waals surface area contributed by atoms with E-state index in [2.05, 4.69) is 22.1 Å². The van der Waals surface area contributed by atoms with Crippen LogP contribution in [0.25, 0.3) is 11.3 Å². The summed E-state index contributed by atoms with van der Waals surface area (Å²) >= 11 is 0. The second-order valence-electron chi connectivity index (χ2n) is 7.82. The molecule has 0 saturated carbocycles. The summed E-state index contributed by atoms with van der Waals surface area (Å²) in [5, 5.41) is 8.42. The number of benzene rings is 2. The van der Waals surface area contributed by atoms with Crippen molar-refractivity contribution in [3.05, 3.63) is 90.1 Å². The number of nitrogens with zero attached hydrogens (tertiary/aromatic N) is 5. The van der Waals surface area contributed by atoms with E-state index in [0.29, 0.717) is 12.1 Å². The Morgan fingerprint density at radius 3 is 2.40 bits per heavy atom. The van der Waals surface area contributed by atoms with Gasteiger partial charge in [-0.1, -0.05) is 44.2 Å². The highest BCUT2D eigenvalue weighted by Gasteiger charge is 2.37. The minimum Gasteiger partial charge on any atom is -0.268 e. The molecule has 0 amide bonds. The van der Waals surface area contributed by atoms with E-state index in [0.717, 1.165) is 22.9 Å². The number of rotatable bonds is 6. The third-order valence-corrected chi connectivity index (χ3v) is 5.99. The zero-order chi connectivity index (χ0) is 21.3. The third-order valence-electron chi connectivity index (χ3n) is 5.99. The first kappa shape index (κ1) is 19.9. The molecule has 2 heterocycles. The van der Waals surface area contributed by atoms with Crippen LogP contribution in [0.4, 0.5) is 8.78 Å². The van der Waals surface area contributed by atoms with Crippen LogP contribution >= 0.6 is 0 Å². The smallest absolute Gasteiger partial charge is 0.137 e. The second kappa shape index (κ2) is 7.82. The van der Waals surface area contributed by atoms with E-state index in [1.54, 1.807) is 17.2 Å². The van der Waals surface area contributed by atoms with E-state index in [1.165, 1.54) is 18.5 Å². The van der Waals surface area contributed by atoms with E-state index in [-0.39, 0.29) is 5.92 Å². The van der Waals surface area contributed by atoms with Crippen molar-refractivity contribution in [1.82, 2.24) is 24.5 Å². The Kier molecular flexibility index (Phi) is 5.20. The molecule has 2 atom stereocenters. The van der Waals surface area contributed by atoms with Crippen molar-refractivity contribution >= 4 is 0 Å². The highest BCUT2D eigenvalue weighted by molar-refractivity contribution is 5.59. The van der Waals surface area contributed by atoms with Crippen LogP contribution in [0.1, 0.15) is 30.9 Å². The fraction of sp³-hybridized carbons (Fsp3) is 0.261. The zero-order valence-electron chi connectivity index (χ0n) is 17.1. The minimum atomic E-state index is -0.681. The summed E-state index contributed by atoms with van der Waals surface area (Å²) in [6.45, 7) is 4.43. The van der Waals surface area contributed by atoms with Gasteiger partial charge >= 0.3 is 0 Å². The Labute approximate surface area is 174 Å². The van der Waals surface area contributed by atoms with Crippen LogP contribution in [0, 0.1) is 11.6 Å². The Bertz CT molecular complexity index is 1130. The van der Waals surface area contributed by atoms with Crippen LogP contribution in [0.15, 0.2) is 67.4 Å². The molecule has 5 nitrogen and oxygen atoms in total. The zero-order valence-corrected chi connectivity index (χ0v) is 17.1. The number of halogens is 2. The Hall–Kier alpha value is -3.35. The average molecular weight is 407 g/mol. The van der Waals surface area contributed by atoms with Crippen molar-refractivity contribution in [3.63, 3.8) is 0 Å². The molecule has 154 valence electrons. The van der Waals surface area contributed by atoms with Crippen molar-refractivity contribution in [1.29, 1.82) is 0 Å². The summed E-state index contributed by atoms with van der Waals surface area (Å²) < 4.78 is 31.9. The molecule has 2 aromatic carbocycles. The van der Waals surface area contributed by atoms with E-state index >= 15 is 0 Å². The summed E-state index contributed by atoms with van der Waals surface area (Å²) in [4.78, 5) is 4.01. The molecule has 0 saturated heterocycles. The fourth-order valence-electron chi connectivity index (χ4n) is 4.03. The molecule has 0 spiro atoms. The molecule has 0 aliphatic carbocycles. The van der Waals surface area contributed by atoms with Gasteiger partial charge in [-0.3, -0.25) is 9.36 Å². The quantitative estimate of drug-likeness (QED) is 0.465. The first-order valence-corrected chi connectivity index (χ1v) is 9.75. The first-order chi connectivity index (χ1) is 14.4. The van der Waals surface area contributed by atoms with Gasteiger partial charge in [-0.25, -0.2) is 13.8 Å². The van der Waals surface area contributed by atoms with Crippen LogP contribution in [-0.2, 0) is 19.0 Å². The molecular formula is C23H23F2N5. The summed E-state index contributed by atoms with van der Waals surface area (Å²) in [6, 6.07) is 13.9. The largest absolute Gasteiger partial charge is 0.268 e. The topological polar surface area (TPSA) is 48.5 Å². The Balaban J connectivity index is 1.74. The van der Waals surface area contributed by atoms with Crippen molar-refractivity contribution < 1.29 is 8.78 Å². The van der Waals surface area contributed by atoms with E-state index in [9.17, 15) is 8.78 Å². The summed E-state index contributed by atoms with van der Waals surface area (Å²) in [5.41, 5.74) is 2.88. The van der Waals surface area contributed by atoms with E-state index in [1.807, 2.05) is 49.0 Å². The lowest BCUT2D eigenvalue weighted by Gasteiger charge is -2.37. The number of hydrogen-bond donors (Lipinski definition) is 0. The van der Waals surface area contributed by atoms with Gasteiger partial charge in [-0.05, 0) is 34.7 Å². The van der Waals surface area contributed by atoms with Crippen molar-refractivity contribution in [3.8, 4) is 11.3 Å². The number of aromatic nitrogens is 5. The Morgan fingerprint density at radius 1 is 1.03 bits per heavy atom. The lowest BCUT2D eigenvalue weighted by Crippen LogP contribution is -2.35. The predicted molar refractivity (Wildman–Crippen MR) is 111 cm³/mol. The molecular weight excluding hydrogens is 384 g/mol. The second-order valence-corrected chi connectivity index (χ2v) is 7.82. The number of aryl methyl sites for hydroxylation is 1. The summed E-state index contributed by atoms with van der Waals surface area (Å²) in [6.07, 6.45) is 4.82. The van der Waals surface area contributed by atoms with Gasteiger partial charge < -0.3 is 0 Å². The highest BCUT2D eigenvalue weighted by Crippen LogP contribution is 2.41. The molecule has 0 aliphatic rings. The summed E-state index contributed by atoms with van der Waals surface area (Å²) in [5.74, 6) is -1.23. The molecule has 30 heavy (non-hydrogen) atoms. The first-order valence-electron chi connectivity index (χ1n) is 9.75. The minimum absolute atomic E-state index is 0.0813. The van der Waals surface area contributed by atoms with Crippen LogP contribution in [0.5, 0.6) is 0 Å². The maximum Gasteiger partial charge on any atom is 0.137 e. The molecule has 0 radical (unpaired) electrons. The number of hydrogen-bond acceptors (Lipinski definition) is 3. The lowest BCUT2D eigenvalue weighted by molar-refractivity contribution is 0.310. The van der Waals surface area contributed by atoms with Crippen LogP contribution in [0.3, 0.4) is 0 Å². The van der Waals surface area contributed by atoms with Crippen LogP contribution in [-0.4, -0.2) is 24.5 Å². The van der Waals surface area contributed by atoms with Gasteiger partial charge in [0.25, 0.3) is 0 Å². The van der Waals surface area contributed by atoms with Crippen molar-refractivity contribution in [2.24, 2.45) is 7.05 Å². The Morgan fingerprint density at radius 2 is 1.80 bits per heavy atom. The van der Waals surface area contributed by atoms with Gasteiger partial charge in [-0.15, -0.1) is 0 Å². The molecule has 2 aromatic heterocycles. The molecule has 4 rings (SSSR count). The maximum absolute atomic E-state index is 14.8. The van der Waals surface area contributed by atoms with Gasteiger partial charge in [0.15, 0.2) is 0 Å². The average Bonchev–Trinajstić information content (AvgIpc) is 3.39. The van der Waals surface area contributed by atoms with E-state index < -0.39 is 17.0 Å². The van der Waals surface area contributed by atoms with E-state index in [4.69, 9.17) is 0 Å². The molecule has 0 aliphatic heterocycles. The predicted octanol–water partition coefficient (Wildman–Crippen LogP) is 4.72. The fourth-order valence-corrected chi connectivity index (χ4v) is 4.03. The summed E-state index contributed by atoms with van der Waals surface area (Å²) in [7, 11) is 1.90. The van der Waals surface area contributed by atoms with Gasteiger partial charge in [0.05, 0.1) is 12.2 Å². The third kappa shape index (κ3) is 3.63.